The highest BCUT2D eigenvalue weighted by molar-refractivity contribution is 6.12. The van der Waals surface area contributed by atoms with Crippen LogP contribution in [0.3, 0.4) is 0 Å². The monoisotopic (exact) mass is 468 g/mol. The second-order valence-corrected chi connectivity index (χ2v) is 8.39. The van der Waals surface area contributed by atoms with Gasteiger partial charge in [-0.2, -0.15) is 0 Å². The number of carbonyl (C=O) groups is 1. The Bertz CT molecular complexity index is 1370. The van der Waals surface area contributed by atoms with Crippen molar-refractivity contribution in [3.05, 3.63) is 119 Å². The average molecular weight is 469 g/mol. The van der Waals surface area contributed by atoms with Crippen molar-refractivity contribution in [3.8, 4) is 11.5 Å². The molecule has 0 radical (unpaired) electrons. The summed E-state index contributed by atoms with van der Waals surface area (Å²) in [5, 5.41) is 3.52. The van der Waals surface area contributed by atoms with Gasteiger partial charge < -0.3 is 14.8 Å². The maximum absolute atomic E-state index is 14.1. The van der Waals surface area contributed by atoms with Gasteiger partial charge in [-0.25, -0.2) is 4.39 Å². The van der Waals surface area contributed by atoms with E-state index in [1.165, 1.54) is 6.07 Å². The molecule has 0 fully saturated rings. The molecule has 0 aliphatic carbocycles. The predicted molar refractivity (Wildman–Crippen MR) is 135 cm³/mol. The number of anilines is 2. The molecule has 0 aromatic heterocycles. The summed E-state index contributed by atoms with van der Waals surface area (Å²) < 4.78 is 25.4. The fourth-order valence-corrected chi connectivity index (χ4v) is 4.26. The molecule has 1 N–H and O–H groups in total. The number of rotatable bonds is 6. The Balaban J connectivity index is 1.54. The molecule has 6 heteroatoms. The molecule has 176 valence electrons. The minimum Gasteiger partial charge on any atom is -0.496 e. The quantitative estimate of drug-likeness (QED) is 0.351. The first-order valence-corrected chi connectivity index (χ1v) is 11.3. The van der Waals surface area contributed by atoms with E-state index in [1.807, 2.05) is 73.7 Å². The Kier molecular flexibility index (Phi) is 6.10. The first kappa shape index (κ1) is 22.5. The standard InChI is InChI=1S/C29H25FN2O3/c1-19-11-14-22(15-12-19)32-28(31-25-9-5-3-7-23(25)29(32)33)20-13-16-26(34-2)21(17-20)18-35-27-10-6-4-8-24(27)30/h3-17,28,31H,18H2,1-2H3/t28-/m1/s1. The second kappa shape index (κ2) is 9.50. The van der Waals surface area contributed by atoms with Gasteiger partial charge in [0, 0.05) is 16.9 Å². The Morgan fingerprint density at radius 1 is 0.914 bits per heavy atom. The van der Waals surface area contributed by atoms with Crippen LogP contribution in [-0.4, -0.2) is 13.0 Å². The van der Waals surface area contributed by atoms with Crippen LogP contribution in [0, 0.1) is 12.7 Å². The van der Waals surface area contributed by atoms with Gasteiger partial charge in [0.05, 0.1) is 12.7 Å². The number of fused-ring (bicyclic) bond motifs is 1. The van der Waals surface area contributed by atoms with E-state index in [1.54, 1.807) is 30.2 Å². The SMILES string of the molecule is COc1ccc([C@@H]2Nc3ccccc3C(=O)N2c2ccc(C)cc2)cc1COc1ccccc1F. The number of methoxy groups -OCH3 is 1. The molecule has 5 rings (SSSR count). The van der Waals surface area contributed by atoms with Crippen LogP contribution in [-0.2, 0) is 6.61 Å². The largest absolute Gasteiger partial charge is 0.496 e. The number of aryl methyl sites for hydroxylation is 1. The first-order chi connectivity index (χ1) is 17.0. The zero-order chi connectivity index (χ0) is 24.4. The molecular weight excluding hydrogens is 443 g/mol. The molecule has 1 aliphatic rings. The summed E-state index contributed by atoms with van der Waals surface area (Å²) in [5.41, 5.74) is 4.87. The zero-order valence-corrected chi connectivity index (χ0v) is 19.5. The van der Waals surface area contributed by atoms with Gasteiger partial charge in [0.1, 0.15) is 18.5 Å². The normalized spacial score (nSPS) is 14.8. The average Bonchev–Trinajstić information content (AvgIpc) is 2.89. The van der Waals surface area contributed by atoms with Crippen LogP contribution in [0.2, 0.25) is 0 Å². The number of para-hydroxylation sites is 2. The second-order valence-electron chi connectivity index (χ2n) is 8.39. The fraction of sp³-hybridized carbons (Fsp3) is 0.138. The van der Waals surface area contributed by atoms with Crippen LogP contribution in [0.15, 0.2) is 91.0 Å². The molecule has 0 spiro atoms. The molecule has 0 unspecified atom stereocenters. The van der Waals surface area contributed by atoms with Crippen LogP contribution in [0.5, 0.6) is 11.5 Å². The third kappa shape index (κ3) is 4.43. The lowest BCUT2D eigenvalue weighted by Crippen LogP contribution is -2.43. The summed E-state index contributed by atoms with van der Waals surface area (Å²) in [6, 6.07) is 27.3. The summed E-state index contributed by atoms with van der Waals surface area (Å²) in [7, 11) is 1.58. The van der Waals surface area contributed by atoms with Crippen LogP contribution in [0.1, 0.15) is 33.2 Å². The van der Waals surface area contributed by atoms with E-state index in [0.717, 1.165) is 28.1 Å². The Hall–Kier alpha value is -4.32. The van der Waals surface area contributed by atoms with Gasteiger partial charge in [0.25, 0.3) is 5.91 Å². The van der Waals surface area contributed by atoms with Gasteiger partial charge in [-0.15, -0.1) is 0 Å². The molecule has 1 aliphatic heterocycles. The predicted octanol–water partition coefficient (Wildman–Crippen LogP) is 6.49. The number of halogens is 1. The van der Waals surface area contributed by atoms with Gasteiger partial charge in [-0.3, -0.25) is 9.69 Å². The van der Waals surface area contributed by atoms with Crippen LogP contribution >= 0.6 is 0 Å². The Labute approximate surface area is 203 Å². The van der Waals surface area contributed by atoms with E-state index in [4.69, 9.17) is 9.47 Å². The maximum atomic E-state index is 14.1. The minimum atomic E-state index is -0.460. The highest BCUT2D eigenvalue weighted by atomic mass is 19.1. The van der Waals surface area contributed by atoms with E-state index in [9.17, 15) is 9.18 Å². The van der Waals surface area contributed by atoms with Crippen molar-refractivity contribution >= 4 is 17.3 Å². The number of amides is 1. The van der Waals surface area contributed by atoms with Gasteiger partial charge in [0.2, 0.25) is 0 Å². The zero-order valence-electron chi connectivity index (χ0n) is 19.5. The third-order valence-corrected chi connectivity index (χ3v) is 6.08. The number of ether oxygens (including phenoxy) is 2. The van der Waals surface area contributed by atoms with Crippen molar-refractivity contribution in [2.45, 2.75) is 19.7 Å². The van der Waals surface area contributed by atoms with Crippen LogP contribution < -0.4 is 19.7 Å². The van der Waals surface area contributed by atoms with E-state index in [2.05, 4.69) is 5.32 Å². The summed E-state index contributed by atoms with van der Waals surface area (Å²) in [6.45, 7) is 2.12. The highest BCUT2D eigenvalue weighted by Crippen LogP contribution is 2.38. The highest BCUT2D eigenvalue weighted by Gasteiger charge is 2.34. The van der Waals surface area contributed by atoms with Gasteiger partial charge in [0.15, 0.2) is 11.6 Å². The van der Waals surface area contributed by atoms with Crippen molar-refractivity contribution in [3.63, 3.8) is 0 Å². The molecule has 0 saturated heterocycles. The van der Waals surface area contributed by atoms with E-state index < -0.39 is 12.0 Å². The van der Waals surface area contributed by atoms with Crippen molar-refractivity contribution in [1.82, 2.24) is 0 Å². The number of nitrogens with zero attached hydrogens (tertiary/aromatic N) is 1. The van der Waals surface area contributed by atoms with Crippen molar-refractivity contribution in [2.24, 2.45) is 0 Å². The molecule has 35 heavy (non-hydrogen) atoms. The van der Waals surface area contributed by atoms with Gasteiger partial charge >= 0.3 is 0 Å². The van der Waals surface area contributed by atoms with E-state index in [0.29, 0.717) is 11.3 Å². The summed E-state index contributed by atoms with van der Waals surface area (Å²) in [6.07, 6.45) is -0.460. The van der Waals surface area contributed by atoms with Gasteiger partial charge in [-0.05, 0) is 61.0 Å². The van der Waals surface area contributed by atoms with Crippen LogP contribution in [0.4, 0.5) is 15.8 Å². The van der Waals surface area contributed by atoms with Crippen molar-refractivity contribution in [2.75, 3.05) is 17.3 Å². The summed E-state index contributed by atoms with van der Waals surface area (Å²) >= 11 is 0. The van der Waals surface area contributed by atoms with Crippen molar-refractivity contribution < 1.29 is 18.7 Å². The molecule has 0 bridgehead atoms. The Morgan fingerprint density at radius 3 is 2.43 bits per heavy atom. The lowest BCUT2D eigenvalue weighted by molar-refractivity contribution is 0.0975. The molecular formula is C29H25FN2O3. The maximum Gasteiger partial charge on any atom is 0.262 e. The van der Waals surface area contributed by atoms with Crippen LogP contribution in [0.25, 0.3) is 0 Å². The lowest BCUT2D eigenvalue weighted by atomic mass is 10.0. The number of nitrogens with one attached hydrogen (secondary N) is 1. The molecule has 1 atom stereocenters. The summed E-state index contributed by atoms with van der Waals surface area (Å²) in [5.74, 6) is 0.271. The Morgan fingerprint density at radius 2 is 1.66 bits per heavy atom. The first-order valence-electron chi connectivity index (χ1n) is 11.3. The molecule has 5 nitrogen and oxygen atoms in total. The number of hydrogen-bond acceptors (Lipinski definition) is 4. The topological polar surface area (TPSA) is 50.8 Å². The fourth-order valence-electron chi connectivity index (χ4n) is 4.26. The number of hydrogen-bond donors (Lipinski definition) is 1. The lowest BCUT2D eigenvalue weighted by Gasteiger charge is -2.38. The van der Waals surface area contributed by atoms with E-state index in [-0.39, 0.29) is 18.3 Å². The number of carbonyl (C=O) groups excluding carboxylic acids is 1. The smallest absolute Gasteiger partial charge is 0.262 e. The molecule has 0 saturated carbocycles. The third-order valence-electron chi connectivity index (χ3n) is 6.08. The molecule has 1 heterocycles. The molecule has 4 aromatic rings. The molecule has 4 aromatic carbocycles. The van der Waals surface area contributed by atoms with E-state index >= 15 is 0 Å². The molecule has 1 amide bonds. The minimum absolute atomic E-state index is 0.0897. The van der Waals surface area contributed by atoms with Gasteiger partial charge in [-0.1, -0.05) is 48.0 Å². The van der Waals surface area contributed by atoms with Crippen molar-refractivity contribution in [1.29, 1.82) is 0 Å². The number of benzene rings is 4. The summed E-state index contributed by atoms with van der Waals surface area (Å²) in [4.78, 5) is 15.4.